The third-order valence-corrected chi connectivity index (χ3v) is 4.36. The smallest absolute Gasteiger partial charge is 0.313 e. The van der Waals surface area contributed by atoms with E-state index in [0.29, 0.717) is 13.0 Å². The number of amides is 2. The van der Waals surface area contributed by atoms with E-state index in [9.17, 15) is 9.59 Å². The summed E-state index contributed by atoms with van der Waals surface area (Å²) in [5.41, 5.74) is 3.98. The quantitative estimate of drug-likeness (QED) is 0.764. The summed E-state index contributed by atoms with van der Waals surface area (Å²) in [5.74, 6) is -0.711. The summed E-state index contributed by atoms with van der Waals surface area (Å²) in [7, 11) is 0. The first-order valence-electron chi connectivity index (χ1n) is 9.16. The molecule has 26 heavy (non-hydrogen) atoms. The van der Waals surface area contributed by atoms with Crippen LogP contribution < -0.4 is 10.6 Å². The highest BCUT2D eigenvalue weighted by atomic mass is 16.2. The van der Waals surface area contributed by atoms with E-state index in [0.717, 1.165) is 22.4 Å². The molecule has 0 aliphatic rings. The molecule has 0 unspecified atom stereocenters. The number of anilines is 1. The van der Waals surface area contributed by atoms with Gasteiger partial charge in [0.1, 0.15) is 0 Å². The fraction of sp³-hybridized carbons (Fsp3) is 0.364. The van der Waals surface area contributed by atoms with Crippen molar-refractivity contribution in [1.29, 1.82) is 0 Å². The normalized spacial score (nSPS) is 10.8. The predicted molar refractivity (Wildman–Crippen MR) is 106 cm³/mol. The number of carbonyl (C=O) groups is 2. The second-order valence-corrected chi connectivity index (χ2v) is 7.07. The molecular formula is C22H28N2O2. The van der Waals surface area contributed by atoms with Crippen molar-refractivity contribution in [3.05, 3.63) is 65.2 Å². The monoisotopic (exact) mass is 352 g/mol. The Kier molecular flexibility index (Phi) is 6.96. The van der Waals surface area contributed by atoms with E-state index >= 15 is 0 Å². The Morgan fingerprint density at radius 2 is 1.38 bits per heavy atom. The van der Waals surface area contributed by atoms with Crippen LogP contribution in [-0.2, 0) is 16.0 Å². The number of hydrogen-bond donors (Lipinski definition) is 2. The molecule has 4 nitrogen and oxygen atoms in total. The Morgan fingerprint density at radius 3 is 1.92 bits per heavy atom. The van der Waals surface area contributed by atoms with Crippen LogP contribution in [0.1, 0.15) is 56.2 Å². The van der Waals surface area contributed by atoms with Crippen LogP contribution in [0.5, 0.6) is 0 Å². The fourth-order valence-electron chi connectivity index (χ4n) is 2.91. The van der Waals surface area contributed by atoms with Crippen LogP contribution in [-0.4, -0.2) is 18.4 Å². The minimum Gasteiger partial charge on any atom is -0.347 e. The standard InChI is InChI=1S/C22H28N2O2/c1-15(2)18-11-8-12-19(16(3)4)20(18)24-22(26)21(25)23-14-13-17-9-6-5-7-10-17/h5-12,15-16H,13-14H2,1-4H3,(H,23,25)(H,24,26). The van der Waals surface area contributed by atoms with Crippen LogP contribution in [0.2, 0.25) is 0 Å². The van der Waals surface area contributed by atoms with Gasteiger partial charge in [0.2, 0.25) is 0 Å². The van der Waals surface area contributed by atoms with Gasteiger partial charge in [0.15, 0.2) is 0 Å². The maximum Gasteiger partial charge on any atom is 0.313 e. The number of nitrogens with one attached hydrogen (secondary N) is 2. The number of hydrogen-bond acceptors (Lipinski definition) is 2. The average molecular weight is 352 g/mol. The van der Waals surface area contributed by atoms with Crippen molar-refractivity contribution in [2.24, 2.45) is 0 Å². The van der Waals surface area contributed by atoms with E-state index in [2.05, 4.69) is 38.3 Å². The molecule has 138 valence electrons. The number of para-hydroxylation sites is 1. The zero-order valence-electron chi connectivity index (χ0n) is 16.0. The second kappa shape index (κ2) is 9.18. The van der Waals surface area contributed by atoms with Gasteiger partial charge in [-0.1, -0.05) is 76.2 Å². The van der Waals surface area contributed by atoms with E-state index in [1.54, 1.807) is 0 Å². The lowest BCUT2D eigenvalue weighted by molar-refractivity contribution is -0.136. The summed E-state index contributed by atoms with van der Waals surface area (Å²) in [6.45, 7) is 8.74. The van der Waals surface area contributed by atoms with Gasteiger partial charge in [0.05, 0.1) is 0 Å². The maximum absolute atomic E-state index is 12.4. The lowest BCUT2D eigenvalue weighted by Gasteiger charge is -2.20. The van der Waals surface area contributed by atoms with Crippen molar-refractivity contribution in [2.45, 2.75) is 46.0 Å². The summed E-state index contributed by atoms with van der Waals surface area (Å²) >= 11 is 0. The van der Waals surface area contributed by atoms with Crippen molar-refractivity contribution < 1.29 is 9.59 Å². The number of benzene rings is 2. The van der Waals surface area contributed by atoms with Crippen LogP contribution in [0.15, 0.2) is 48.5 Å². The summed E-state index contributed by atoms with van der Waals surface area (Å²) in [4.78, 5) is 24.6. The first kappa shape index (κ1) is 19.7. The minimum absolute atomic E-state index is 0.255. The summed E-state index contributed by atoms with van der Waals surface area (Å²) in [6, 6.07) is 15.9. The molecule has 0 saturated heterocycles. The van der Waals surface area contributed by atoms with Gasteiger partial charge in [-0.3, -0.25) is 9.59 Å². The van der Waals surface area contributed by atoms with Crippen molar-refractivity contribution in [1.82, 2.24) is 5.32 Å². The molecular weight excluding hydrogens is 324 g/mol. The van der Waals surface area contributed by atoms with Gasteiger partial charge in [0, 0.05) is 12.2 Å². The molecule has 2 amide bonds. The topological polar surface area (TPSA) is 58.2 Å². The molecule has 2 rings (SSSR count). The molecule has 0 aliphatic heterocycles. The third kappa shape index (κ3) is 5.19. The Labute approximate surface area is 156 Å². The molecule has 0 saturated carbocycles. The molecule has 0 aliphatic carbocycles. The lowest BCUT2D eigenvalue weighted by Crippen LogP contribution is -2.37. The van der Waals surface area contributed by atoms with E-state index in [-0.39, 0.29) is 11.8 Å². The van der Waals surface area contributed by atoms with Crippen LogP contribution in [0.25, 0.3) is 0 Å². The molecule has 0 fully saturated rings. The Morgan fingerprint density at radius 1 is 0.808 bits per heavy atom. The first-order valence-corrected chi connectivity index (χ1v) is 9.16. The van der Waals surface area contributed by atoms with Crippen LogP contribution in [0.3, 0.4) is 0 Å². The van der Waals surface area contributed by atoms with Gasteiger partial charge in [-0.15, -0.1) is 0 Å². The molecule has 0 aromatic heterocycles. The summed E-state index contributed by atoms with van der Waals surface area (Å²) in [6.07, 6.45) is 0.694. The zero-order chi connectivity index (χ0) is 19.1. The third-order valence-electron chi connectivity index (χ3n) is 4.36. The second-order valence-electron chi connectivity index (χ2n) is 7.07. The Hall–Kier alpha value is -2.62. The first-order chi connectivity index (χ1) is 12.4. The number of carbonyl (C=O) groups excluding carboxylic acids is 2. The van der Waals surface area contributed by atoms with E-state index in [1.165, 1.54) is 0 Å². The van der Waals surface area contributed by atoms with Gasteiger partial charge in [-0.25, -0.2) is 0 Å². The Balaban J connectivity index is 2.03. The van der Waals surface area contributed by atoms with Gasteiger partial charge in [0.25, 0.3) is 0 Å². The van der Waals surface area contributed by atoms with Crippen LogP contribution >= 0.6 is 0 Å². The van der Waals surface area contributed by atoms with Crippen molar-refractivity contribution in [3.8, 4) is 0 Å². The maximum atomic E-state index is 12.4. The van der Waals surface area contributed by atoms with Crippen LogP contribution in [0.4, 0.5) is 5.69 Å². The fourth-order valence-corrected chi connectivity index (χ4v) is 2.91. The molecule has 0 radical (unpaired) electrons. The molecule has 2 aromatic carbocycles. The van der Waals surface area contributed by atoms with E-state index in [1.807, 2.05) is 48.5 Å². The van der Waals surface area contributed by atoms with Gasteiger partial charge >= 0.3 is 11.8 Å². The molecule has 0 heterocycles. The van der Waals surface area contributed by atoms with Crippen molar-refractivity contribution in [3.63, 3.8) is 0 Å². The van der Waals surface area contributed by atoms with Gasteiger partial charge in [-0.2, -0.15) is 0 Å². The lowest BCUT2D eigenvalue weighted by atomic mass is 9.92. The molecule has 0 spiro atoms. The molecule has 2 N–H and O–H groups in total. The van der Waals surface area contributed by atoms with Crippen LogP contribution in [0, 0.1) is 0 Å². The average Bonchev–Trinajstić information content (AvgIpc) is 2.62. The SMILES string of the molecule is CC(C)c1cccc(C(C)C)c1NC(=O)C(=O)NCCc1ccccc1. The highest BCUT2D eigenvalue weighted by Gasteiger charge is 2.19. The zero-order valence-corrected chi connectivity index (χ0v) is 16.0. The van der Waals surface area contributed by atoms with Crippen molar-refractivity contribution >= 4 is 17.5 Å². The van der Waals surface area contributed by atoms with Crippen molar-refractivity contribution in [2.75, 3.05) is 11.9 Å². The molecule has 4 heteroatoms. The minimum atomic E-state index is -0.618. The largest absolute Gasteiger partial charge is 0.347 e. The van der Waals surface area contributed by atoms with Gasteiger partial charge < -0.3 is 10.6 Å². The summed E-state index contributed by atoms with van der Waals surface area (Å²) in [5, 5.41) is 5.54. The molecule has 0 atom stereocenters. The Bertz CT molecular complexity index is 726. The number of rotatable bonds is 6. The summed E-state index contributed by atoms with van der Waals surface area (Å²) < 4.78 is 0. The van der Waals surface area contributed by atoms with E-state index in [4.69, 9.17) is 0 Å². The predicted octanol–water partition coefficient (Wildman–Crippen LogP) is 4.23. The molecule has 2 aromatic rings. The van der Waals surface area contributed by atoms with Gasteiger partial charge in [-0.05, 0) is 34.9 Å². The molecule has 0 bridgehead atoms. The van der Waals surface area contributed by atoms with E-state index < -0.39 is 11.8 Å². The highest BCUT2D eigenvalue weighted by Crippen LogP contribution is 2.32. The highest BCUT2D eigenvalue weighted by molar-refractivity contribution is 6.39.